The highest BCUT2D eigenvalue weighted by molar-refractivity contribution is 7.99. The Morgan fingerprint density at radius 1 is 1.44 bits per heavy atom. The number of rotatable bonds is 7. The highest BCUT2D eigenvalue weighted by Crippen LogP contribution is 2.26. The van der Waals surface area contributed by atoms with E-state index in [1.165, 1.54) is 22.6 Å². The van der Waals surface area contributed by atoms with Crippen molar-refractivity contribution in [2.75, 3.05) is 12.3 Å². The summed E-state index contributed by atoms with van der Waals surface area (Å²) in [7, 11) is 0. The molecule has 0 aliphatic rings. The normalized spacial score (nSPS) is 15.0. The Balaban J connectivity index is 2.53. The van der Waals surface area contributed by atoms with Gasteiger partial charge in [-0.15, -0.1) is 11.3 Å². The molecular formula is C13H23NS2. The summed E-state index contributed by atoms with van der Waals surface area (Å²) in [5.41, 5.74) is 1.46. The van der Waals surface area contributed by atoms with Gasteiger partial charge in [-0.2, -0.15) is 11.8 Å². The number of aryl methyl sites for hydroxylation is 1. The van der Waals surface area contributed by atoms with E-state index >= 15 is 0 Å². The van der Waals surface area contributed by atoms with Crippen LogP contribution >= 0.6 is 23.1 Å². The van der Waals surface area contributed by atoms with Gasteiger partial charge in [0.15, 0.2) is 0 Å². The molecule has 16 heavy (non-hydrogen) atoms. The summed E-state index contributed by atoms with van der Waals surface area (Å²) in [5, 5.41) is 6.63. The minimum atomic E-state index is 0.522. The van der Waals surface area contributed by atoms with E-state index in [0.29, 0.717) is 6.04 Å². The van der Waals surface area contributed by atoms with Gasteiger partial charge in [-0.3, -0.25) is 0 Å². The Bertz CT molecular complexity index is 296. The number of thioether (sulfide) groups is 1. The monoisotopic (exact) mass is 257 g/mol. The van der Waals surface area contributed by atoms with Crippen LogP contribution in [-0.2, 0) is 0 Å². The number of nitrogens with one attached hydrogen (secondary N) is 1. The SMILES string of the molecule is CCNC(CSC(C)CC)c1csc(C)c1. The maximum absolute atomic E-state index is 3.58. The summed E-state index contributed by atoms with van der Waals surface area (Å²) < 4.78 is 0. The van der Waals surface area contributed by atoms with Crippen LogP contribution in [0.1, 0.15) is 43.7 Å². The lowest BCUT2D eigenvalue weighted by molar-refractivity contribution is 0.606. The predicted octanol–water partition coefficient (Wildman–Crippen LogP) is 4.24. The van der Waals surface area contributed by atoms with E-state index < -0.39 is 0 Å². The minimum Gasteiger partial charge on any atom is -0.309 e. The van der Waals surface area contributed by atoms with Crippen molar-refractivity contribution in [3.63, 3.8) is 0 Å². The fourth-order valence-corrected chi connectivity index (χ4v) is 3.37. The zero-order valence-corrected chi connectivity index (χ0v) is 12.4. The lowest BCUT2D eigenvalue weighted by Crippen LogP contribution is -2.23. The third-order valence-electron chi connectivity index (χ3n) is 2.73. The predicted molar refractivity (Wildman–Crippen MR) is 77.7 cm³/mol. The van der Waals surface area contributed by atoms with Crippen molar-refractivity contribution in [1.82, 2.24) is 5.32 Å². The van der Waals surface area contributed by atoms with E-state index in [1.807, 2.05) is 11.3 Å². The second kappa shape index (κ2) is 7.36. The second-order valence-electron chi connectivity index (χ2n) is 4.15. The van der Waals surface area contributed by atoms with Crippen molar-refractivity contribution in [2.45, 2.75) is 45.4 Å². The zero-order valence-electron chi connectivity index (χ0n) is 10.7. The molecule has 0 amide bonds. The van der Waals surface area contributed by atoms with Gasteiger partial charge in [-0.25, -0.2) is 0 Å². The van der Waals surface area contributed by atoms with Gasteiger partial charge in [0.1, 0.15) is 0 Å². The summed E-state index contributed by atoms with van der Waals surface area (Å²) in [6, 6.07) is 2.84. The molecule has 0 bridgehead atoms. The molecular weight excluding hydrogens is 234 g/mol. The summed E-state index contributed by atoms with van der Waals surface area (Å²) in [5.74, 6) is 1.18. The molecule has 1 aromatic heterocycles. The molecule has 0 saturated heterocycles. The molecule has 0 aliphatic heterocycles. The van der Waals surface area contributed by atoms with Crippen molar-refractivity contribution >= 4 is 23.1 Å². The fraction of sp³-hybridized carbons (Fsp3) is 0.692. The number of thiophene rings is 1. The zero-order chi connectivity index (χ0) is 12.0. The van der Waals surface area contributed by atoms with Crippen molar-refractivity contribution in [3.8, 4) is 0 Å². The molecule has 0 spiro atoms. The molecule has 3 heteroatoms. The van der Waals surface area contributed by atoms with Crippen LogP contribution in [0.4, 0.5) is 0 Å². The Hall–Kier alpha value is 0.0100. The third kappa shape index (κ3) is 4.48. The van der Waals surface area contributed by atoms with Crippen LogP contribution < -0.4 is 5.32 Å². The van der Waals surface area contributed by atoms with Crippen molar-refractivity contribution in [2.24, 2.45) is 0 Å². The third-order valence-corrected chi connectivity index (χ3v) is 5.03. The second-order valence-corrected chi connectivity index (χ2v) is 6.74. The van der Waals surface area contributed by atoms with Crippen LogP contribution in [0.25, 0.3) is 0 Å². The molecule has 1 heterocycles. The number of hydrogen-bond donors (Lipinski definition) is 1. The highest BCUT2D eigenvalue weighted by atomic mass is 32.2. The van der Waals surface area contributed by atoms with Crippen molar-refractivity contribution in [3.05, 3.63) is 21.9 Å². The molecule has 0 aliphatic carbocycles. The number of hydrogen-bond acceptors (Lipinski definition) is 3. The topological polar surface area (TPSA) is 12.0 Å². The van der Waals surface area contributed by atoms with Crippen LogP contribution in [0.15, 0.2) is 11.4 Å². The molecule has 0 radical (unpaired) electrons. The lowest BCUT2D eigenvalue weighted by atomic mass is 10.2. The van der Waals surface area contributed by atoms with Crippen LogP contribution in [0.5, 0.6) is 0 Å². The molecule has 1 N–H and O–H groups in total. The van der Waals surface area contributed by atoms with E-state index in [4.69, 9.17) is 0 Å². The smallest absolute Gasteiger partial charge is 0.0420 e. The van der Waals surface area contributed by atoms with Gasteiger partial charge in [0, 0.05) is 21.9 Å². The van der Waals surface area contributed by atoms with Crippen molar-refractivity contribution < 1.29 is 0 Å². The van der Waals surface area contributed by atoms with E-state index in [0.717, 1.165) is 11.8 Å². The molecule has 0 saturated carbocycles. The van der Waals surface area contributed by atoms with E-state index in [1.54, 1.807) is 0 Å². The Morgan fingerprint density at radius 3 is 2.69 bits per heavy atom. The molecule has 2 unspecified atom stereocenters. The molecule has 92 valence electrons. The lowest BCUT2D eigenvalue weighted by Gasteiger charge is -2.18. The van der Waals surface area contributed by atoms with Gasteiger partial charge in [-0.05, 0) is 36.9 Å². The standard InChI is InChI=1S/C13H23NS2/c1-5-10(3)16-9-13(14-6-2)12-7-11(4)15-8-12/h7-8,10,13-14H,5-6,9H2,1-4H3. The molecule has 1 nitrogen and oxygen atoms in total. The van der Waals surface area contributed by atoms with Gasteiger partial charge in [0.05, 0.1) is 0 Å². The van der Waals surface area contributed by atoms with Gasteiger partial charge in [-0.1, -0.05) is 20.8 Å². The average Bonchev–Trinajstić information content (AvgIpc) is 2.70. The minimum absolute atomic E-state index is 0.522. The molecule has 2 atom stereocenters. The van der Waals surface area contributed by atoms with Crippen LogP contribution in [0.2, 0.25) is 0 Å². The molecule has 1 rings (SSSR count). The van der Waals surface area contributed by atoms with Gasteiger partial charge >= 0.3 is 0 Å². The quantitative estimate of drug-likeness (QED) is 0.784. The first kappa shape index (κ1) is 14.1. The Kier molecular flexibility index (Phi) is 6.47. The molecule has 0 fully saturated rings. The van der Waals surface area contributed by atoms with Gasteiger partial charge < -0.3 is 5.32 Å². The first-order chi connectivity index (χ1) is 7.67. The van der Waals surface area contributed by atoms with E-state index in [9.17, 15) is 0 Å². The van der Waals surface area contributed by atoms with Gasteiger partial charge in [0.25, 0.3) is 0 Å². The maximum Gasteiger partial charge on any atom is 0.0420 e. The summed E-state index contributed by atoms with van der Waals surface area (Å²) in [6.07, 6.45) is 1.26. The molecule has 0 aromatic carbocycles. The van der Waals surface area contributed by atoms with Crippen LogP contribution in [0.3, 0.4) is 0 Å². The van der Waals surface area contributed by atoms with E-state index in [2.05, 4.69) is 56.2 Å². The summed E-state index contributed by atoms with van der Waals surface area (Å²) in [4.78, 5) is 1.41. The Labute approximate surface area is 108 Å². The van der Waals surface area contributed by atoms with E-state index in [-0.39, 0.29) is 0 Å². The first-order valence-electron chi connectivity index (χ1n) is 6.07. The maximum atomic E-state index is 3.58. The Morgan fingerprint density at radius 2 is 2.19 bits per heavy atom. The summed E-state index contributed by atoms with van der Waals surface area (Å²) in [6.45, 7) is 9.97. The average molecular weight is 257 g/mol. The van der Waals surface area contributed by atoms with Crippen LogP contribution in [-0.4, -0.2) is 17.5 Å². The van der Waals surface area contributed by atoms with Gasteiger partial charge in [0.2, 0.25) is 0 Å². The van der Waals surface area contributed by atoms with Crippen molar-refractivity contribution in [1.29, 1.82) is 0 Å². The fourth-order valence-electron chi connectivity index (χ4n) is 1.54. The highest BCUT2D eigenvalue weighted by Gasteiger charge is 2.13. The first-order valence-corrected chi connectivity index (χ1v) is 8.00. The van der Waals surface area contributed by atoms with Crippen LogP contribution in [0, 0.1) is 6.92 Å². The molecule has 1 aromatic rings. The largest absolute Gasteiger partial charge is 0.309 e. The summed E-state index contributed by atoms with van der Waals surface area (Å²) >= 11 is 3.92.